The predicted molar refractivity (Wildman–Crippen MR) is 75.1 cm³/mol. The Hall–Kier alpha value is -2.32. The summed E-state index contributed by atoms with van der Waals surface area (Å²) in [5, 5.41) is 18.4. The van der Waals surface area contributed by atoms with Gasteiger partial charge in [0.2, 0.25) is 0 Å². The molecule has 0 amide bonds. The van der Waals surface area contributed by atoms with Crippen LogP contribution in [0.5, 0.6) is 5.75 Å². The van der Waals surface area contributed by atoms with Crippen LogP contribution in [0.25, 0.3) is 0 Å². The van der Waals surface area contributed by atoms with E-state index in [4.69, 9.17) is 16.7 Å². The molecule has 2 rings (SSSR count). The van der Waals surface area contributed by atoms with Gasteiger partial charge in [0, 0.05) is 6.20 Å². The second kappa shape index (κ2) is 5.58. The minimum absolute atomic E-state index is 0.0795. The highest BCUT2D eigenvalue weighted by molar-refractivity contribution is 7.92. The molecule has 0 bridgehead atoms. The van der Waals surface area contributed by atoms with Crippen molar-refractivity contribution in [2.24, 2.45) is 0 Å². The molecule has 9 heteroatoms. The van der Waals surface area contributed by atoms with Crippen molar-refractivity contribution in [2.45, 2.75) is 4.90 Å². The van der Waals surface area contributed by atoms with Gasteiger partial charge in [-0.3, -0.25) is 4.72 Å². The van der Waals surface area contributed by atoms with Gasteiger partial charge in [0.15, 0.2) is 5.82 Å². The number of halogens is 1. The van der Waals surface area contributed by atoms with Crippen LogP contribution in [0.15, 0.2) is 41.4 Å². The number of carboxylic acid groups (broad SMARTS) is 1. The lowest BCUT2D eigenvalue weighted by Crippen LogP contribution is -2.15. The van der Waals surface area contributed by atoms with E-state index in [2.05, 4.69) is 9.71 Å². The highest BCUT2D eigenvalue weighted by Gasteiger charge is 2.20. The van der Waals surface area contributed by atoms with E-state index >= 15 is 0 Å². The average Bonchev–Trinajstić information content (AvgIpc) is 2.41. The van der Waals surface area contributed by atoms with Crippen molar-refractivity contribution >= 4 is 33.4 Å². The molecule has 2 aromatic rings. The van der Waals surface area contributed by atoms with Gasteiger partial charge in [0.25, 0.3) is 10.0 Å². The van der Waals surface area contributed by atoms with Crippen LogP contribution in [0.2, 0.25) is 5.02 Å². The van der Waals surface area contributed by atoms with Crippen molar-refractivity contribution in [1.82, 2.24) is 4.98 Å². The molecule has 0 atom stereocenters. The molecular formula is C12H9ClN2O5S. The van der Waals surface area contributed by atoms with Gasteiger partial charge in [0.05, 0.1) is 9.92 Å². The van der Waals surface area contributed by atoms with E-state index in [0.29, 0.717) is 0 Å². The molecule has 1 heterocycles. The number of carboxylic acids is 1. The van der Waals surface area contributed by atoms with E-state index in [1.807, 2.05) is 0 Å². The molecule has 0 fully saturated rings. The van der Waals surface area contributed by atoms with Crippen molar-refractivity contribution in [1.29, 1.82) is 0 Å². The monoisotopic (exact) mass is 328 g/mol. The van der Waals surface area contributed by atoms with Gasteiger partial charge in [-0.2, -0.15) is 0 Å². The van der Waals surface area contributed by atoms with E-state index in [1.54, 1.807) is 0 Å². The fraction of sp³-hybridized carbons (Fsp3) is 0. The Morgan fingerprint density at radius 3 is 2.62 bits per heavy atom. The summed E-state index contributed by atoms with van der Waals surface area (Å²) < 4.78 is 26.5. The van der Waals surface area contributed by atoms with Crippen molar-refractivity contribution < 1.29 is 23.4 Å². The Morgan fingerprint density at radius 2 is 2.00 bits per heavy atom. The number of rotatable bonds is 4. The van der Waals surface area contributed by atoms with E-state index in [1.165, 1.54) is 18.3 Å². The molecule has 21 heavy (non-hydrogen) atoms. The number of aromatic carboxylic acids is 1. The molecule has 0 aliphatic carbocycles. The topological polar surface area (TPSA) is 117 Å². The maximum absolute atomic E-state index is 12.2. The fourth-order valence-electron chi connectivity index (χ4n) is 1.50. The number of anilines is 1. The van der Waals surface area contributed by atoms with Crippen LogP contribution >= 0.6 is 11.6 Å². The number of hydrogen-bond acceptors (Lipinski definition) is 5. The number of carbonyl (C=O) groups is 1. The van der Waals surface area contributed by atoms with Gasteiger partial charge in [-0.25, -0.2) is 18.2 Å². The van der Waals surface area contributed by atoms with Gasteiger partial charge < -0.3 is 10.2 Å². The summed E-state index contributed by atoms with van der Waals surface area (Å²) in [4.78, 5) is 14.3. The summed E-state index contributed by atoms with van der Waals surface area (Å²) >= 11 is 5.80. The SMILES string of the molecule is O=C(O)c1cc(S(=O)(=O)Nc2ncccc2Cl)ccc1O. The summed E-state index contributed by atoms with van der Waals surface area (Å²) in [7, 11) is -4.08. The van der Waals surface area contributed by atoms with Crippen LogP contribution in [0.3, 0.4) is 0 Å². The molecule has 110 valence electrons. The normalized spacial score (nSPS) is 11.1. The van der Waals surface area contributed by atoms with E-state index < -0.39 is 27.3 Å². The van der Waals surface area contributed by atoms with Crippen molar-refractivity contribution in [3.05, 3.63) is 47.1 Å². The third kappa shape index (κ3) is 3.23. The molecule has 0 unspecified atom stereocenters. The lowest BCUT2D eigenvalue weighted by Gasteiger charge is -2.09. The van der Waals surface area contributed by atoms with Crippen LogP contribution in [-0.4, -0.2) is 29.6 Å². The third-order valence-corrected chi connectivity index (χ3v) is 4.14. The summed E-state index contributed by atoms with van der Waals surface area (Å²) in [6.45, 7) is 0. The van der Waals surface area contributed by atoms with Crippen LogP contribution in [0, 0.1) is 0 Å². The summed E-state index contributed by atoms with van der Waals surface area (Å²) in [6.07, 6.45) is 1.35. The Bertz CT molecular complexity index is 807. The van der Waals surface area contributed by atoms with Crippen molar-refractivity contribution in [2.75, 3.05) is 4.72 Å². The lowest BCUT2D eigenvalue weighted by molar-refractivity contribution is 0.0693. The van der Waals surface area contributed by atoms with Gasteiger partial charge in [0.1, 0.15) is 11.3 Å². The van der Waals surface area contributed by atoms with Crippen LogP contribution in [0.4, 0.5) is 5.82 Å². The third-order valence-electron chi connectivity index (χ3n) is 2.50. The molecular weight excluding hydrogens is 320 g/mol. The van der Waals surface area contributed by atoms with Crippen LogP contribution < -0.4 is 4.72 Å². The molecule has 1 aromatic heterocycles. The highest BCUT2D eigenvalue weighted by atomic mass is 35.5. The second-order valence-corrected chi connectivity index (χ2v) is 6.01. The number of sulfonamides is 1. The average molecular weight is 329 g/mol. The quantitative estimate of drug-likeness (QED) is 0.789. The number of hydrogen-bond donors (Lipinski definition) is 3. The Kier molecular flexibility index (Phi) is 4.01. The number of aromatic hydroxyl groups is 1. The first kappa shape index (κ1) is 15.1. The van der Waals surface area contributed by atoms with Crippen molar-refractivity contribution in [3.63, 3.8) is 0 Å². The molecule has 0 saturated carbocycles. The van der Waals surface area contributed by atoms with Crippen molar-refractivity contribution in [3.8, 4) is 5.75 Å². The molecule has 0 aliphatic heterocycles. The Balaban J connectivity index is 2.43. The Morgan fingerprint density at radius 1 is 1.29 bits per heavy atom. The minimum Gasteiger partial charge on any atom is -0.507 e. The number of phenols is 1. The van der Waals surface area contributed by atoms with Gasteiger partial charge in [-0.05, 0) is 30.3 Å². The first-order valence-corrected chi connectivity index (χ1v) is 7.37. The van der Waals surface area contributed by atoms with Crippen LogP contribution in [0.1, 0.15) is 10.4 Å². The summed E-state index contributed by atoms with van der Waals surface area (Å²) in [5.74, 6) is -2.05. The maximum atomic E-state index is 12.2. The van der Waals surface area contributed by atoms with Gasteiger partial charge in [-0.1, -0.05) is 11.6 Å². The molecule has 0 radical (unpaired) electrons. The highest BCUT2D eigenvalue weighted by Crippen LogP contribution is 2.25. The van der Waals surface area contributed by atoms with Gasteiger partial charge >= 0.3 is 5.97 Å². The zero-order valence-corrected chi connectivity index (χ0v) is 11.9. The predicted octanol–water partition coefficient (Wildman–Crippen LogP) is 1.94. The Labute approximate surface area is 124 Å². The molecule has 7 nitrogen and oxygen atoms in total. The standard InChI is InChI=1S/C12H9ClN2O5S/c13-9-2-1-5-14-11(9)15-21(19,20)7-3-4-10(16)8(6-7)12(17)18/h1-6,16H,(H,14,15)(H,17,18). The zero-order chi connectivity index (χ0) is 15.6. The molecule has 1 aromatic carbocycles. The lowest BCUT2D eigenvalue weighted by atomic mass is 10.2. The molecule has 0 aliphatic rings. The molecule has 0 saturated heterocycles. The molecule has 0 spiro atoms. The second-order valence-electron chi connectivity index (χ2n) is 3.92. The molecule has 3 N–H and O–H groups in total. The number of aromatic nitrogens is 1. The van der Waals surface area contributed by atoms with Crippen LogP contribution in [-0.2, 0) is 10.0 Å². The first-order valence-electron chi connectivity index (χ1n) is 5.51. The number of benzene rings is 1. The largest absolute Gasteiger partial charge is 0.507 e. The smallest absolute Gasteiger partial charge is 0.339 e. The van der Waals surface area contributed by atoms with E-state index in [-0.39, 0.29) is 15.7 Å². The summed E-state index contributed by atoms with van der Waals surface area (Å²) in [5.41, 5.74) is -0.523. The number of pyridine rings is 1. The fourth-order valence-corrected chi connectivity index (χ4v) is 2.78. The summed E-state index contributed by atoms with van der Waals surface area (Å²) in [6, 6.07) is 5.88. The minimum atomic E-state index is -4.08. The maximum Gasteiger partial charge on any atom is 0.339 e. The van der Waals surface area contributed by atoms with E-state index in [0.717, 1.165) is 18.2 Å². The van der Waals surface area contributed by atoms with Gasteiger partial charge in [-0.15, -0.1) is 0 Å². The first-order chi connectivity index (χ1) is 9.81. The number of nitrogens with zero attached hydrogens (tertiary/aromatic N) is 1. The zero-order valence-electron chi connectivity index (χ0n) is 10.3. The number of nitrogens with one attached hydrogen (secondary N) is 1. The van der Waals surface area contributed by atoms with E-state index in [9.17, 15) is 18.3 Å².